The van der Waals surface area contributed by atoms with Crippen molar-refractivity contribution in [3.05, 3.63) is 71.0 Å². The van der Waals surface area contributed by atoms with Crippen LogP contribution in [0.3, 0.4) is 0 Å². The van der Waals surface area contributed by atoms with Gasteiger partial charge in [-0.15, -0.1) is 0 Å². The predicted octanol–water partition coefficient (Wildman–Crippen LogP) is 2.58. The van der Waals surface area contributed by atoms with Gasteiger partial charge in [0, 0.05) is 26.1 Å². The van der Waals surface area contributed by atoms with Crippen LogP contribution < -0.4 is 10.6 Å². The number of guanidine groups is 1. The van der Waals surface area contributed by atoms with Crippen LogP contribution in [0.1, 0.15) is 22.6 Å². The van der Waals surface area contributed by atoms with Gasteiger partial charge in [0.2, 0.25) is 0 Å². The molecule has 0 aromatic heterocycles. The molecular weight excluding hydrogens is 305 g/mol. The highest BCUT2D eigenvalue weighted by molar-refractivity contribution is 5.79. The lowest BCUT2D eigenvalue weighted by Crippen LogP contribution is -2.39. The lowest BCUT2D eigenvalue weighted by molar-refractivity contribution is 0.265. The molecule has 3 N–H and O–H groups in total. The number of hydrogen-bond acceptors (Lipinski definition) is 2. The summed E-state index contributed by atoms with van der Waals surface area (Å²) in [5.41, 5.74) is 2.56. The molecule has 0 spiro atoms. The zero-order valence-electron chi connectivity index (χ0n) is 14.1. The summed E-state index contributed by atoms with van der Waals surface area (Å²) in [7, 11) is 1.68. The molecule has 0 aliphatic heterocycles. The van der Waals surface area contributed by atoms with E-state index in [9.17, 15) is 9.50 Å². The first kappa shape index (κ1) is 17.9. The number of rotatable bonds is 6. The number of hydrogen-bond donors (Lipinski definition) is 3. The predicted molar refractivity (Wildman–Crippen MR) is 95.6 cm³/mol. The number of nitrogens with one attached hydrogen (secondary N) is 2. The third-order valence-electron chi connectivity index (χ3n) is 3.93. The Morgan fingerprint density at radius 3 is 2.54 bits per heavy atom. The minimum Gasteiger partial charge on any atom is -0.396 e. The first-order valence-corrected chi connectivity index (χ1v) is 7.99. The van der Waals surface area contributed by atoms with Crippen molar-refractivity contribution in [3.63, 3.8) is 0 Å². The van der Waals surface area contributed by atoms with E-state index in [1.165, 1.54) is 6.07 Å². The molecule has 2 rings (SSSR count). The molecule has 1 unspecified atom stereocenters. The van der Waals surface area contributed by atoms with E-state index in [1.807, 2.05) is 36.4 Å². The van der Waals surface area contributed by atoms with E-state index < -0.39 is 0 Å². The molecule has 0 aliphatic rings. The minimum atomic E-state index is -0.207. The molecule has 0 bridgehead atoms. The van der Waals surface area contributed by atoms with Crippen molar-refractivity contribution in [1.29, 1.82) is 0 Å². The SMILES string of the molecule is CN=C(NCc1ccc(C)c(F)c1)NCC(CO)c1ccccc1. The van der Waals surface area contributed by atoms with Crippen LogP contribution in [0.5, 0.6) is 0 Å². The highest BCUT2D eigenvalue weighted by atomic mass is 19.1. The molecular formula is C19H24FN3O. The Bertz CT molecular complexity index is 674. The Balaban J connectivity index is 1.89. The van der Waals surface area contributed by atoms with Crippen molar-refractivity contribution in [2.45, 2.75) is 19.4 Å². The van der Waals surface area contributed by atoms with Crippen LogP contribution in [0.25, 0.3) is 0 Å². The Labute approximate surface area is 142 Å². The van der Waals surface area contributed by atoms with Crippen LogP contribution in [-0.2, 0) is 6.54 Å². The summed E-state index contributed by atoms with van der Waals surface area (Å²) in [6.45, 7) is 2.83. The number of halogens is 1. The number of aliphatic hydroxyl groups excluding tert-OH is 1. The number of aryl methyl sites for hydroxylation is 1. The van der Waals surface area contributed by atoms with E-state index >= 15 is 0 Å². The fourth-order valence-corrected chi connectivity index (χ4v) is 2.39. The second-order valence-corrected chi connectivity index (χ2v) is 5.68. The topological polar surface area (TPSA) is 56.7 Å². The highest BCUT2D eigenvalue weighted by Crippen LogP contribution is 2.13. The average Bonchev–Trinajstić information content (AvgIpc) is 2.62. The van der Waals surface area contributed by atoms with Crippen LogP contribution in [0.4, 0.5) is 4.39 Å². The van der Waals surface area contributed by atoms with Gasteiger partial charge < -0.3 is 15.7 Å². The third-order valence-corrected chi connectivity index (χ3v) is 3.93. The van der Waals surface area contributed by atoms with Crippen molar-refractivity contribution in [1.82, 2.24) is 10.6 Å². The fourth-order valence-electron chi connectivity index (χ4n) is 2.39. The van der Waals surface area contributed by atoms with Crippen molar-refractivity contribution in [3.8, 4) is 0 Å². The number of aliphatic imine (C=N–C) groups is 1. The number of benzene rings is 2. The monoisotopic (exact) mass is 329 g/mol. The summed E-state index contributed by atoms with van der Waals surface area (Å²) >= 11 is 0. The molecule has 24 heavy (non-hydrogen) atoms. The zero-order valence-corrected chi connectivity index (χ0v) is 14.1. The Morgan fingerprint density at radius 1 is 1.17 bits per heavy atom. The van der Waals surface area contributed by atoms with Gasteiger partial charge in [0.25, 0.3) is 0 Å². The molecule has 128 valence electrons. The van der Waals surface area contributed by atoms with Gasteiger partial charge in [-0.2, -0.15) is 0 Å². The van der Waals surface area contributed by atoms with Crippen LogP contribution >= 0.6 is 0 Å². The maximum atomic E-state index is 13.6. The third kappa shape index (κ3) is 5.06. The van der Waals surface area contributed by atoms with Gasteiger partial charge in [-0.05, 0) is 29.7 Å². The summed E-state index contributed by atoms with van der Waals surface area (Å²) < 4.78 is 13.6. The lowest BCUT2D eigenvalue weighted by atomic mass is 10.0. The van der Waals surface area contributed by atoms with E-state index in [0.29, 0.717) is 24.6 Å². The largest absolute Gasteiger partial charge is 0.396 e. The quantitative estimate of drug-likeness (QED) is 0.564. The number of aliphatic hydroxyl groups is 1. The molecule has 2 aromatic carbocycles. The van der Waals surface area contributed by atoms with Crippen LogP contribution in [0, 0.1) is 12.7 Å². The maximum Gasteiger partial charge on any atom is 0.191 e. The standard InChI is InChI=1S/C19H24FN3O/c1-14-8-9-15(10-18(14)20)11-22-19(21-2)23-12-17(13-24)16-6-4-3-5-7-16/h3-10,17,24H,11-13H2,1-2H3,(H2,21,22,23). The van der Waals surface area contributed by atoms with Crippen LogP contribution in [0.15, 0.2) is 53.5 Å². The summed E-state index contributed by atoms with van der Waals surface area (Å²) in [5.74, 6) is 0.397. The van der Waals surface area contributed by atoms with Crippen LogP contribution in [-0.4, -0.2) is 31.3 Å². The van der Waals surface area contributed by atoms with Gasteiger partial charge in [-0.3, -0.25) is 4.99 Å². The van der Waals surface area contributed by atoms with E-state index in [1.54, 1.807) is 20.0 Å². The molecule has 0 saturated heterocycles. The molecule has 0 heterocycles. The number of nitrogens with zero attached hydrogens (tertiary/aromatic N) is 1. The molecule has 0 radical (unpaired) electrons. The summed E-state index contributed by atoms with van der Waals surface area (Å²) in [6.07, 6.45) is 0. The summed E-state index contributed by atoms with van der Waals surface area (Å²) in [6, 6.07) is 15.0. The fraction of sp³-hybridized carbons (Fsp3) is 0.316. The second-order valence-electron chi connectivity index (χ2n) is 5.68. The lowest BCUT2D eigenvalue weighted by Gasteiger charge is -2.18. The average molecular weight is 329 g/mol. The Morgan fingerprint density at radius 2 is 1.92 bits per heavy atom. The van der Waals surface area contributed by atoms with Crippen molar-refractivity contribution in [2.24, 2.45) is 4.99 Å². The highest BCUT2D eigenvalue weighted by Gasteiger charge is 2.10. The van der Waals surface area contributed by atoms with E-state index in [4.69, 9.17) is 0 Å². The van der Waals surface area contributed by atoms with Crippen LogP contribution in [0.2, 0.25) is 0 Å². The molecule has 2 aromatic rings. The van der Waals surface area contributed by atoms with Crippen molar-refractivity contribution >= 4 is 5.96 Å². The van der Waals surface area contributed by atoms with E-state index in [-0.39, 0.29) is 18.3 Å². The maximum absolute atomic E-state index is 13.6. The van der Waals surface area contributed by atoms with Gasteiger partial charge in [0.15, 0.2) is 5.96 Å². The van der Waals surface area contributed by atoms with Gasteiger partial charge in [0.05, 0.1) is 6.61 Å². The smallest absolute Gasteiger partial charge is 0.191 e. The van der Waals surface area contributed by atoms with E-state index in [2.05, 4.69) is 15.6 Å². The second kappa shape index (κ2) is 9.03. The Hall–Kier alpha value is -2.40. The van der Waals surface area contributed by atoms with E-state index in [0.717, 1.165) is 11.1 Å². The zero-order chi connectivity index (χ0) is 17.4. The summed E-state index contributed by atoms with van der Waals surface area (Å²) in [4.78, 5) is 4.16. The first-order valence-electron chi connectivity index (χ1n) is 7.99. The molecule has 0 saturated carbocycles. The summed E-state index contributed by atoms with van der Waals surface area (Å²) in [5, 5.41) is 15.9. The van der Waals surface area contributed by atoms with Crippen molar-refractivity contribution < 1.29 is 9.50 Å². The molecule has 4 nitrogen and oxygen atoms in total. The first-order chi connectivity index (χ1) is 11.6. The Kier molecular flexibility index (Phi) is 6.75. The molecule has 0 aliphatic carbocycles. The normalized spacial score (nSPS) is 12.8. The van der Waals surface area contributed by atoms with Gasteiger partial charge in [0.1, 0.15) is 5.82 Å². The molecule has 0 amide bonds. The van der Waals surface area contributed by atoms with Gasteiger partial charge in [-0.25, -0.2) is 4.39 Å². The van der Waals surface area contributed by atoms with Crippen molar-refractivity contribution in [2.75, 3.05) is 20.2 Å². The van der Waals surface area contributed by atoms with Gasteiger partial charge >= 0.3 is 0 Å². The molecule has 1 atom stereocenters. The van der Waals surface area contributed by atoms with Gasteiger partial charge in [-0.1, -0.05) is 42.5 Å². The minimum absolute atomic E-state index is 0.0124. The molecule has 0 fully saturated rings. The molecule has 5 heteroatoms.